The van der Waals surface area contributed by atoms with E-state index in [1.165, 1.54) is 4.68 Å². The lowest BCUT2D eigenvalue weighted by Crippen LogP contribution is -2.23. The molecular weight excluding hydrogens is 534 g/mol. The highest BCUT2D eigenvalue weighted by Gasteiger charge is 2.16. The Hall–Kier alpha value is -1.96. The lowest BCUT2D eigenvalue weighted by atomic mass is 10.1. The van der Waals surface area contributed by atoms with Crippen molar-refractivity contribution in [3.8, 4) is 5.75 Å². The molecule has 0 bridgehead atoms. The molecule has 0 saturated carbocycles. The first-order valence-electron chi connectivity index (χ1n) is 9.35. The average Bonchev–Trinajstić information content (AvgIpc) is 2.72. The van der Waals surface area contributed by atoms with Gasteiger partial charge in [-0.3, -0.25) is 4.79 Å². The predicted octanol–water partition coefficient (Wildman–Crippen LogP) is 6.54. The molecule has 2 aromatic carbocycles. The minimum absolute atomic E-state index is 0.0467. The largest absolute Gasteiger partial charge is 0.488 e. The van der Waals surface area contributed by atoms with E-state index in [-0.39, 0.29) is 11.5 Å². The molecule has 1 heterocycles. The van der Waals surface area contributed by atoms with E-state index in [0.717, 1.165) is 10.9 Å². The van der Waals surface area contributed by atoms with Gasteiger partial charge in [-0.25, -0.2) is 4.98 Å². The van der Waals surface area contributed by atoms with Crippen molar-refractivity contribution in [3.05, 3.63) is 78.7 Å². The van der Waals surface area contributed by atoms with Crippen LogP contribution in [0.3, 0.4) is 0 Å². The molecule has 0 N–H and O–H groups in total. The summed E-state index contributed by atoms with van der Waals surface area (Å²) in [6.45, 7) is 8.07. The standard InChI is InChI=1S/C22H20Br2ClN3O2/c1-4-8-30-20-14(9-16(25)11-18(20)24)12-26-28-21(13(3)5-2)27-19-7-6-15(23)10-17(19)22(28)29/h4,6-7,9-13H,1,5,8H2,2-3H3/t13-/m0/s1. The van der Waals surface area contributed by atoms with E-state index < -0.39 is 0 Å². The Bertz CT molecular complexity index is 1190. The number of benzene rings is 2. The lowest BCUT2D eigenvalue weighted by Gasteiger charge is -2.14. The zero-order valence-electron chi connectivity index (χ0n) is 16.5. The molecule has 0 unspecified atom stereocenters. The van der Waals surface area contributed by atoms with Gasteiger partial charge in [0.05, 0.1) is 21.6 Å². The van der Waals surface area contributed by atoms with Crippen molar-refractivity contribution in [3.63, 3.8) is 0 Å². The van der Waals surface area contributed by atoms with E-state index in [2.05, 4.69) is 43.5 Å². The van der Waals surface area contributed by atoms with Crippen molar-refractivity contribution < 1.29 is 4.74 Å². The second-order valence-corrected chi connectivity index (χ2v) is 8.91. The SMILES string of the molecule is C=CCOc1c(Br)cc(Cl)cc1C=Nn1c([C@@H](C)CC)nc2ccc(Br)cc2c1=O. The zero-order valence-corrected chi connectivity index (χ0v) is 20.5. The smallest absolute Gasteiger partial charge is 0.282 e. The fourth-order valence-corrected chi connectivity index (χ4v) is 4.18. The van der Waals surface area contributed by atoms with Crippen LogP contribution in [0.4, 0.5) is 0 Å². The van der Waals surface area contributed by atoms with Gasteiger partial charge in [-0.2, -0.15) is 9.78 Å². The second kappa shape index (κ2) is 9.90. The van der Waals surface area contributed by atoms with E-state index in [9.17, 15) is 4.79 Å². The number of fused-ring (bicyclic) bond motifs is 1. The molecule has 0 amide bonds. The van der Waals surface area contributed by atoms with Crippen LogP contribution in [0.1, 0.15) is 37.6 Å². The molecule has 3 aromatic rings. The lowest BCUT2D eigenvalue weighted by molar-refractivity contribution is 0.360. The van der Waals surface area contributed by atoms with Crippen LogP contribution in [0, 0.1) is 0 Å². The van der Waals surface area contributed by atoms with Crippen LogP contribution in [0.25, 0.3) is 10.9 Å². The Morgan fingerprint density at radius 2 is 2.10 bits per heavy atom. The highest BCUT2D eigenvalue weighted by atomic mass is 79.9. The summed E-state index contributed by atoms with van der Waals surface area (Å²) >= 11 is 13.1. The Balaban J connectivity index is 2.20. The zero-order chi connectivity index (χ0) is 21.8. The van der Waals surface area contributed by atoms with Gasteiger partial charge in [0, 0.05) is 21.0 Å². The van der Waals surface area contributed by atoms with Gasteiger partial charge in [0.2, 0.25) is 0 Å². The molecule has 0 fully saturated rings. The molecule has 1 atom stereocenters. The quantitative estimate of drug-likeness (QED) is 0.247. The fraction of sp³-hybridized carbons (Fsp3) is 0.227. The number of hydrogen-bond donors (Lipinski definition) is 0. The van der Waals surface area contributed by atoms with E-state index in [1.807, 2.05) is 26.0 Å². The van der Waals surface area contributed by atoms with Crippen LogP contribution >= 0.6 is 43.5 Å². The van der Waals surface area contributed by atoms with Crippen molar-refractivity contribution >= 4 is 60.6 Å². The Morgan fingerprint density at radius 3 is 2.80 bits per heavy atom. The summed E-state index contributed by atoms with van der Waals surface area (Å²) in [5, 5.41) is 5.50. The molecular formula is C22H20Br2ClN3O2. The van der Waals surface area contributed by atoms with Gasteiger partial charge >= 0.3 is 0 Å². The summed E-state index contributed by atoms with van der Waals surface area (Å²) in [5.74, 6) is 1.21. The molecule has 30 heavy (non-hydrogen) atoms. The van der Waals surface area contributed by atoms with Crippen molar-refractivity contribution in [1.82, 2.24) is 9.66 Å². The number of ether oxygens (including phenoxy) is 1. The van der Waals surface area contributed by atoms with Crippen LogP contribution in [-0.2, 0) is 0 Å². The van der Waals surface area contributed by atoms with Crippen molar-refractivity contribution in [2.45, 2.75) is 26.2 Å². The Morgan fingerprint density at radius 1 is 1.33 bits per heavy atom. The summed E-state index contributed by atoms with van der Waals surface area (Å²) in [6.07, 6.45) is 4.03. The maximum absolute atomic E-state index is 13.2. The van der Waals surface area contributed by atoms with Gasteiger partial charge in [0.1, 0.15) is 18.2 Å². The molecule has 8 heteroatoms. The average molecular weight is 554 g/mol. The number of halogens is 3. The summed E-state index contributed by atoms with van der Waals surface area (Å²) < 4.78 is 8.60. The highest BCUT2D eigenvalue weighted by Crippen LogP contribution is 2.32. The summed E-state index contributed by atoms with van der Waals surface area (Å²) in [6, 6.07) is 8.92. The van der Waals surface area contributed by atoms with Crippen LogP contribution in [-0.4, -0.2) is 22.5 Å². The maximum Gasteiger partial charge on any atom is 0.282 e. The molecule has 1 aromatic heterocycles. The molecule has 5 nitrogen and oxygen atoms in total. The molecule has 0 aliphatic rings. The topological polar surface area (TPSA) is 56.5 Å². The maximum atomic E-state index is 13.2. The summed E-state index contributed by atoms with van der Waals surface area (Å²) in [5.41, 5.74) is 1.04. The van der Waals surface area contributed by atoms with Crippen LogP contribution in [0.15, 0.2) is 61.8 Å². The monoisotopic (exact) mass is 551 g/mol. The van der Waals surface area contributed by atoms with Crippen LogP contribution < -0.4 is 10.3 Å². The first-order chi connectivity index (χ1) is 14.3. The van der Waals surface area contributed by atoms with Crippen molar-refractivity contribution in [2.24, 2.45) is 5.10 Å². The van der Waals surface area contributed by atoms with Gasteiger partial charge in [-0.15, -0.1) is 0 Å². The van der Waals surface area contributed by atoms with Crippen LogP contribution in [0.2, 0.25) is 5.02 Å². The normalized spacial score (nSPS) is 12.4. The second-order valence-electron chi connectivity index (χ2n) is 6.71. The summed E-state index contributed by atoms with van der Waals surface area (Å²) in [4.78, 5) is 18.0. The number of aromatic nitrogens is 2. The van der Waals surface area contributed by atoms with Gasteiger partial charge in [-0.05, 0) is 52.7 Å². The highest BCUT2D eigenvalue weighted by molar-refractivity contribution is 9.10. The third-order valence-electron chi connectivity index (χ3n) is 4.58. The van der Waals surface area contributed by atoms with E-state index in [4.69, 9.17) is 21.3 Å². The first kappa shape index (κ1) is 22.7. The molecule has 0 radical (unpaired) electrons. The van der Waals surface area contributed by atoms with Gasteiger partial charge in [-0.1, -0.05) is 54.0 Å². The van der Waals surface area contributed by atoms with E-state index >= 15 is 0 Å². The van der Waals surface area contributed by atoms with E-state index in [0.29, 0.717) is 44.1 Å². The fourth-order valence-electron chi connectivity index (χ4n) is 2.87. The summed E-state index contributed by atoms with van der Waals surface area (Å²) in [7, 11) is 0. The third-order valence-corrected chi connectivity index (χ3v) is 5.88. The van der Waals surface area contributed by atoms with Gasteiger partial charge in [0.25, 0.3) is 5.56 Å². The van der Waals surface area contributed by atoms with Crippen molar-refractivity contribution in [2.75, 3.05) is 6.61 Å². The minimum Gasteiger partial charge on any atom is -0.488 e. The molecule has 0 aliphatic carbocycles. The molecule has 0 aliphatic heterocycles. The minimum atomic E-state index is -0.234. The van der Waals surface area contributed by atoms with Crippen LogP contribution in [0.5, 0.6) is 5.75 Å². The molecule has 0 spiro atoms. The van der Waals surface area contributed by atoms with Gasteiger partial charge in [0.15, 0.2) is 0 Å². The number of rotatable bonds is 7. The predicted molar refractivity (Wildman–Crippen MR) is 130 cm³/mol. The Labute approximate surface area is 196 Å². The third kappa shape index (κ3) is 4.85. The van der Waals surface area contributed by atoms with Gasteiger partial charge < -0.3 is 4.74 Å². The van der Waals surface area contributed by atoms with Crippen molar-refractivity contribution in [1.29, 1.82) is 0 Å². The first-order valence-corrected chi connectivity index (χ1v) is 11.3. The number of nitrogens with zero attached hydrogens (tertiary/aromatic N) is 3. The molecule has 0 saturated heterocycles. The Kier molecular flexibility index (Phi) is 7.50. The molecule has 156 valence electrons. The number of hydrogen-bond acceptors (Lipinski definition) is 4. The molecule has 3 rings (SSSR count). The van der Waals surface area contributed by atoms with E-state index in [1.54, 1.807) is 30.5 Å².